The van der Waals surface area contributed by atoms with E-state index in [2.05, 4.69) is 17.4 Å². The van der Waals surface area contributed by atoms with Crippen LogP contribution in [0.25, 0.3) is 0 Å². The van der Waals surface area contributed by atoms with Crippen LogP contribution in [0.4, 0.5) is 5.69 Å². The van der Waals surface area contributed by atoms with Gasteiger partial charge in [0.15, 0.2) is 5.76 Å². The van der Waals surface area contributed by atoms with Crippen LogP contribution in [0.15, 0.2) is 83.5 Å². The molecule has 0 aliphatic rings. The monoisotopic (exact) mass is 376 g/mol. The van der Waals surface area contributed by atoms with Crippen LogP contribution in [0.5, 0.6) is 0 Å². The van der Waals surface area contributed by atoms with E-state index in [1.807, 2.05) is 53.4 Å². The second-order valence-corrected chi connectivity index (χ2v) is 6.45. The highest BCUT2D eigenvalue weighted by Gasteiger charge is 2.15. The molecule has 0 bridgehead atoms. The van der Waals surface area contributed by atoms with E-state index in [0.29, 0.717) is 25.9 Å². The Kier molecular flexibility index (Phi) is 7.01. The molecule has 1 N–H and O–H groups in total. The van der Waals surface area contributed by atoms with E-state index < -0.39 is 0 Å². The van der Waals surface area contributed by atoms with E-state index in [9.17, 15) is 9.59 Å². The smallest absolute Gasteiger partial charge is 0.286 e. The molecule has 0 aliphatic carbocycles. The van der Waals surface area contributed by atoms with Crippen molar-refractivity contribution >= 4 is 17.5 Å². The first kappa shape index (κ1) is 19.4. The molecule has 2 amide bonds. The molecule has 0 saturated carbocycles. The normalized spacial score (nSPS) is 10.4. The standard InChI is InChI=1S/C23H24N2O3/c26-22(14-7-16-24-23(27)21-13-8-18-28-21)25(20-11-5-2-6-12-20)17-15-19-9-3-1-4-10-19/h1-6,8-13,18H,7,14-17H2,(H,24,27). The molecular formula is C23H24N2O3. The highest BCUT2D eigenvalue weighted by Crippen LogP contribution is 2.16. The van der Waals surface area contributed by atoms with Crippen molar-refractivity contribution < 1.29 is 14.0 Å². The predicted molar refractivity (Wildman–Crippen MR) is 109 cm³/mol. The number of carbonyl (C=O) groups excluding carboxylic acids is 2. The van der Waals surface area contributed by atoms with Crippen LogP contribution < -0.4 is 10.2 Å². The number of hydrogen-bond acceptors (Lipinski definition) is 3. The molecule has 1 heterocycles. The molecule has 0 radical (unpaired) electrons. The molecule has 0 unspecified atom stereocenters. The van der Waals surface area contributed by atoms with Gasteiger partial charge >= 0.3 is 0 Å². The van der Waals surface area contributed by atoms with E-state index in [-0.39, 0.29) is 17.6 Å². The van der Waals surface area contributed by atoms with Crippen molar-refractivity contribution in [2.24, 2.45) is 0 Å². The Morgan fingerprint density at radius 2 is 1.61 bits per heavy atom. The van der Waals surface area contributed by atoms with Crippen molar-refractivity contribution in [2.75, 3.05) is 18.0 Å². The third-order valence-electron chi connectivity index (χ3n) is 4.43. The van der Waals surface area contributed by atoms with Crippen molar-refractivity contribution in [1.82, 2.24) is 5.32 Å². The van der Waals surface area contributed by atoms with Crippen molar-refractivity contribution in [3.8, 4) is 0 Å². The summed E-state index contributed by atoms with van der Waals surface area (Å²) in [6, 6.07) is 23.1. The Morgan fingerprint density at radius 1 is 0.893 bits per heavy atom. The van der Waals surface area contributed by atoms with E-state index in [4.69, 9.17) is 4.42 Å². The number of rotatable bonds is 9. The maximum atomic E-state index is 12.8. The zero-order valence-corrected chi connectivity index (χ0v) is 15.7. The van der Waals surface area contributed by atoms with Gasteiger partial charge in [-0.2, -0.15) is 0 Å². The average Bonchev–Trinajstić information content (AvgIpc) is 3.28. The van der Waals surface area contributed by atoms with Gasteiger partial charge in [0.2, 0.25) is 5.91 Å². The summed E-state index contributed by atoms with van der Waals surface area (Å²) in [5.41, 5.74) is 2.09. The minimum atomic E-state index is -0.263. The van der Waals surface area contributed by atoms with Crippen LogP contribution in [0.3, 0.4) is 0 Å². The number of benzene rings is 2. The zero-order valence-electron chi connectivity index (χ0n) is 15.7. The first-order valence-corrected chi connectivity index (χ1v) is 9.45. The summed E-state index contributed by atoms with van der Waals surface area (Å²) < 4.78 is 5.06. The maximum Gasteiger partial charge on any atom is 0.286 e. The number of hydrogen-bond donors (Lipinski definition) is 1. The first-order chi connectivity index (χ1) is 13.7. The fourth-order valence-electron chi connectivity index (χ4n) is 2.96. The van der Waals surface area contributed by atoms with Crippen LogP contribution in [-0.2, 0) is 11.2 Å². The highest BCUT2D eigenvalue weighted by atomic mass is 16.3. The number of amides is 2. The first-order valence-electron chi connectivity index (χ1n) is 9.45. The molecule has 3 aromatic rings. The summed E-state index contributed by atoms with van der Waals surface area (Å²) >= 11 is 0. The van der Waals surface area contributed by atoms with Gasteiger partial charge < -0.3 is 14.6 Å². The zero-order chi connectivity index (χ0) is 19.6. The number of nitrogens with one attached hydrogen (secondary N) is 1. The molecule has 0 fully saturated rings. The van der Waals surface area contributed by atoms with Gasteiger partial charge in [0.25, 0.3) is 5.91 Å². The summed E-state index contributed by atoms with van der Waals surface area (Å²) in [7, 11) is 0. The van der Waals surface area contributed by atoms with E-state index in [1.54, 1.807) is 12.1 Å². The molecule has 0 spiro atoms. The van der Waals surface area contributed by atoms with Crippen LogP contribution >= 0.6 is 0 Å². The van der Waals surface area contributed by atoms with Crippen molar-refractivity contribution in [3.63, 3.8) is 0 Å². The number of para-hydroxylation sites is 1. The van der Waals surface area contributed by atoms with Crippen molar-refractivity contribution in [2.45, 2.75) is 19.3 Å². The molecular weight excluding hydrogens is 352 g/mol. The van der Waals surface area contributed by atoms with Crippen molar-refractivity contribution in [3.05, 3.63) is 90.4 Å². The number of furan rings is 1. The van der Waals surface area contributed by atoms with E-state index in [1.165, 1.54) is 11.8 Å². The molecule has 28 heavy (non-hydrogen) atoms. The fraction of sp³-hybridized carbons (Fsp3) is 0.217. The quantitative estimate of drug-likeness (QED) is 0.573. The number of nitrogens with zero attached hydrogens (tertiary/aromatic N) is 1. The third-order valence-corrected chi connectivity index (χ3v) is 4.43. The van der Waals surface area contributed by atoms with Gasteiger partial charge in [-0.05, 0) is 42.7 Å². The van der Waals surface area contributed by atoms with Crippen LogP contribution in [0, 0.1) is 0 Å². The summed E-state index contributed by atoms with van der Waals surface area (Å²) in [6.45, 7) is 1.04. The number of carbonyl (C=O) groups is 2. The summed E-state index contributed by atoms with van der Waals surface area (Å²) in [6.07, 6.45) is 3.18. The molecule has 5 heteroatoms. The van der Waals surface area contributed by atoms with Crippen LogP contribution in [-0.4, -0.2) is 24.9 Å². The van der Waals surface area contributed by atoms with E-state index in [0.717, 1.165) is 12.1 Å². The van der Waals surface area contributed by atoms with Crippen molar-refractivity contribution in [1.29, 1.82) is 0 Å². The number of anilines is 1. The van der Waals surface area contributed by atoms with Gasteiger partial charge in [-0.3, -0.25) is 9.59 Å². The van der Waals surface area contributed by atoms with Gasteiger partial charge in [0.1, 0.15) is 0 Å². The Morgan fingerprint density at radius 3 is 2.29 bits per heavy atom. The SMILES string of the molecule is O=C(NCCCC(=O)N(CCc1ccccc1)c1ccccc1)c1ccco1. The molecule has 2 aromatic carbocycles. The molecule has 3 rings (SSSR count). The molecule has 0 atom stereocenters. The summed E-state index contributed by atoms with van der Waals surface area (Å²) in [4.78, 5) is 26.5. The summed E-state index contributed by atoms with van der Waals surface area (Å²) in [5.74, 6) is 0.0657. The minimum Gasteiger partial charge on any atom is -0.459 e. The lowest BCUT2D eigenvalue weighted by atomic mass is 10.1. The largest absolute Gasteiger partial charge is 0.459 e. The van der Waals surface area contributed by atoms with Crippen LogP contribution in [0.2, 0.25) is 0 Å². The second-order valence-electron chi connectivity index (χ2n) is 6.45. The Labute approximate surface area is 165 Å². The second kappa shape index (κ2) is 10.1. The van der Waals surface area contributed by atoms with Gasteiger partial charge in [-0.25, -0.2) is 0 Å². The van der Waals surface area contributed by atoms with Gasteiger partial charge in [0, 0.05) is 25.2 Å². The predicted octanol–water partition coefficient (Wildman–Crippen LogP) is 4.07. The molecule has 5 nitrogen and oxygen atoms in total. The lowest BCUT2D eigenvalue weighted by Gasteiger charge is -2.23. The Bertz CT molecular complexity index is 861. The van der Waals surface area contributed by atoms with E-state index >= 15 is 0 Å². The Hall–Kier alpha value is -3.34. The topological polar surface area (TPSA) is 62.6 Å². The summed E-state index contributed by atoms with van der Waals surface area (Å²) in [5, 5.41) is 2.77. The lowest BCUT2D eigenvalue weighted by molar-refractivity contribution is -0.118. The fourth-order valence-corrected chi connectivity index (χ4v) is 2.96. The molecule has 0 aliphatic heterocycles. The molecule has 1 aromatic heterocycles. The third kappa shape index (κ3) is 5.58. The van der Waals surface area contributed by atoms with Gasteiger partial charge in [-0.1, -0.05) is 48.5 Å². The highest BCUT2D eigenvalue weighted by molar-refractivity contribution is 5.93. The minimum absolute atomic E-state index is 0.0504. The van der Waals surface area contributed by atoms with Gasteiger partial charge in [-0.15, -0.1) is 0 Å². The van der Waals surface area contributed by atoms with Gasteiger partial charge in [0.05, 0.1) is 6.26 Å². The molecule has 144 valence electrons. The lowest BCUT2D eigenvalue weighted by Crippen LogP contribution is -2.33. The Balaban J connectivity index is 1.53. The molecule has 0 saturated heterocycles. The average molecular weight is 376 g/mol. The maximum absolute atomic E-state index is 12.8. The van der Waals surface area contributed by atoms with Crippen LogP contribution in [0.1, 0.15) is 29.0 Å².